The van der Waals surface area contributed by atoms with Gasteiger partial charge in [0.25, 0.3) is 5.91 Å². The van der Waals surface area contributed by atoms with E-state index in [2.05, 4.69) is 25.7 Å². The van der Waals surface area contributed by atoms with Gasteiger partial charge in [0.1, 0.15) is 11.8 Å². The summed E-state index contributed by atoms with van der Waals surface area (Å²) in [4.78, 5) is 29.2. The van der Waals surface area contributed by atoms with Crippen molar-refractivity contribution in [3.8, 4) is 17.1 Å². The molecule has 0 saturated carbocycles. The number of halogens is 1. The van der Waals surface area contributed by atoms with Crippen molar-refractivity contribution in [2.24, 2.45) is 0 Å². The van der Waals surface area contributed by atoms with Crippen molar-refractivity contribution >= 4 is 11.9 Å². The van der Waals surface area contributed by atoms with Crippen molar-refractivity contribution < 1.29 is 33.3 Å². The molecule has 0 aliphatic carbocycles. The van der Waals surface area contributed by atoms with Gasteiger partial charge >= 0.3 is 5.97 Å². The number of aliphatic carboxylic acids is 1. The van der Waals surface area contributed by atoms with E-state index in [1.165, 1.54) is 24.0 Å². The third-order valence-corrected chi connectivity index (χ3v) is 5.17. The standard InChI is InChI=1S/C22H23FN6O6/c1-12-5-14(20-26-28-29(27-20)9-15-10-35-19(11-34-15)22(31)32)7-17(25-12)21(30)24-8-13-3-4-16(23)18(6-13)33-2/h3-7,15,19H,8-11H2,1-2H3,(H,24,30)(H,31,32)/t15-,19-/m1/s1. The van der Waals surface area contributed by atoms with Crippen molar-refractivity contribution in [3.05, 3.63) is 53.1 Å². The Hall–Kier alpha value is -3.97. The molecule has 1 aliphatic rings. The van der Waals surface area contributed by atoms with E-state index in [1.54, 1.807) is 25.1 Å². The number of methoxy groups -OCH3 is 1. The molecule has 184 valence electrons. The highest BCUT2D eigenvalue weighted by atomic mass is 19.1. The summed E-state index contributed by atoms with van der Waals surface area (Å²) in [7, 11) is 1.37. The number of nitrogens with zero attached hydrogens (tertiary/aromatic N) is 5. The van der Waals surface area contributed by atoms with E-state index in [4.69, 9.17) is 19.3 Å². The van der Waals surface area contributed by atoms with Gasteiger partial charge < -0.3 is 24.6 Å². The van der Waals surface area contributed by atoms with Gasteiger partial charge in [0.2, 0.25) is 5.82 Å². The van der Waals surface area contributed by atoms with Crippen LogP contribution in [0.15, 0.2) is 30.3 Å². The van der Waals surface area contributed by atoms with E-state index < -0.39 is 29.9 Å². The zero-order valence-corrected chi connectivity index (χ0v) is 19.0. The Morgan fingerprint density at radius 2 is 2.09 bits per heavy atom. The van der Waals surface area contributed by atoms with E-state index in [0.29, 0.717) is 16.8 Å². The molecule has 3 heterocycles. The maximum atomic E-state index is 13.6. The van der Waals surface area contributed by atoms with Crippen LogP contribution in [0.5, 0.6) is 5.75 Å². The van der Waals surface area contributed by atoms with E-state index in [-0.39, 0.29) is 43.6 Å². The first kappa shape index (κ1) is 24.2. The average molecular weight is 486 g/mol. The number of aryl methyl sites for hydroxylation is 1. The first-order valence-corrected chi connectivity index (χ1v) is 10.7. The molecule has 1 aromatic carbocycles. The van der Waals surface area contributed by atoms with E-state index in [9.17, 15) is 14.0 Å². The molecule has 1 aliphatic heterocycles. The molecule has 0 bridgehead atoms. The monoisotopic (exact) mass is 486 g/mol. The Labute approximate surface area is 199 Å². The topological polar surface area (TPSA) is 151 Å². The quantitative estimate of drug-likeness (QED) is 0.472. The predicted octanol–water partition coefficient (Wildman–Crippen LogP) is 0.990. The lowest BCUT2D eigenvalue weighted by Gasteiger charge is -2.26. The molecular formula is C22H23FN6O6. The summed E-state index contributed by atoms with van der Waals surface area (Å²) >= 11 is 0. The number of ether oxygens (including phenoxy) is 3. The molecule has 1 fully saturated rings. The van der Waals surface area contributed by atoms with E-state index >= 15 is 0 Å². The minimum absolute atomic E-state index is 0.0612. The minimum Gasteiger partial charge on any atom is -0.494 e. The summed E-state index contributed by atoms with van der Waals surface area (Å²) in [6.45, 7) is 2.14. The summed E-state index contributed by atoms with van der Waals surface area (Å²) in [6.07, 6.45) is -1.40. The molecule has 13 heteroatoms. The summed E-state index contributed by atoms with van der Waals surface area (Å²) in [5.74, 6) is -1.61. The molecule has 2 atom stereocenters. The first-order valence-electron chi connectivity index (χ1n) is 10.7. The normalized spacial score (nSPS) is 17.7. The van der Waals surface area contributed by atoms with Crippen LogP contribution in [0.25, 0.3) is 11.4 Å². The van der Waals surface area contributed by atoms with Gasteiger partial charge in [-0.15, -0.1) is 10.2 Å². The Morgan fingerprint density at radius 1 is 1.26 bits per heavy atom. The highest BCUT2D eigenvalue weighted by Crippen LogP contribution is 2.19. The van der Waals surface area contributed by atoms with Crippen LogP contribution in [-0.4, -0.2) is 74.7 Å². The number of carbonyl (C=O) groups is 2. The SMILES string of the molecule is COc1cc(CNC(=O)c2cc(-c3nnn(C[C@@H]4CO[C@@H](C(=O)O)CO4)n3)cc(C)n2)ccc1F. The van der Waals surface area contributed by atoms with E-state index in [1.807, 2.05) is 0 Å². The smallest absolute Gasteiger partial charge is 0.335 e. The molecule has 0 spiro atoms. The largest absolute Gasteiger partial charge is 0.494 e. The number of amides is 1. The second-order valence-electron chi connectivity index (χ2n) is 7.82. The summed E-state index contributed by atoms with van der Waals surface area (Å²) in [5.41, 5.74) is 1.95. The summed E-state index contributed by atoms with van der Waals surface area (Å²) in [5, 5.41) is 24.1. The van der Waals surface area contributed by atoms with Crippen LogP contribution in [0, 0.1) is 12.7 Å². The number of tetrazole rings is 1. The molecule has 2 aromatic heterocycles. The Morgan fingerprint density at radius 3 is 2.80 bits per heavy atom. The molecular weight excluding hydrogens is 463 g/mol. The lowest BCUT2D eigenvalue weighted by Crippen LogP contribution is -2.42. The molecule has 1 saturated heterocycles. The fraction of sp³-hybridized carbons (Fsp3) is 0.364. The number of hydrogen-bond donors (Lipinski definition) is 2. The second kappa shape index (κ2) is 10.5. The van der Waals surface area contributed by atoms with Crippen molar-refractivity contribution in [1.82, 2.24) is 30.5 Å². The van der Waals surface area contributed by atoms with Crippen LogP contribution in [0.3, 0.4) is 0 Å². The molecule has 4 rings (SSSR count). The molecule has 35 heavy (non-hydrogen) atoms. The summed E-state index contributed by atoms with van der Waals surface area (Å²) in [6, 6.07) is 7.61. The van der Waals surface area contributed by atoms with Crippen LogP contribution in [-0.2, 0) is 27.4 Å². The number of carboxylic acids is 1. The minimum atomic E-state index is -1.07. The van der Waals surface area contributed by atoms with Crippen LogP contribution in [0.1, 0.15) is 21.7 Å². The van der Waals surface area contributed by atoms with E-state index in [0.717, 1.165) is 0 Å². The number of benzene rings is 1. The number of hydrogen-bond acceptors (Lipinski definition) is 9. The van der Waals surface area contributed by atoms with Gasteiger partial charge in [-0.25, -0.2) is 14.2 Å². The molecule has 2 N–H and O–H groups in total. The van der Waals surface area contributed by atoms with Gasteiger partial charge in [0, 0.05) is 17.8 Å². The third-order valence-electron chi connectivity index (χ3n) is 5.17. The fourth-order valence-electron chi connectivity index (χ4n) is 3.41. The van der Waals surface area contributed by atoms with Gasteiger partial charge in [0.05, 0.1) is 26.9 Å². The van der Waals surface area contributed by atoms with Crippen molar-refractivity contribution in [2.45, 2.75) is 32.2 Å². The second-order valence-corrected chi connectivity index (χ2v) is 7.82. The molecule has 0 radical (unpaired) electrons. The maximum absolute atomic E-state index is 13.6. The molecule has 3 aromatic rings. The molecule has 12 nitrogen and oxygen atoms in total. The predicted molar refractivity (Wildman–Crippen MR) is 117 cm³/mol. The van der Waals surface area contributed by atoms with Crippen LogP contribution < -0.4 is 10.1 Å². The number of rotatable bonds is 8. The van der Waals surface area contributed by atoms with Crippen molar-refractivity contribution in [1.29, 1.82) is 0 Å². The van der Waals surface area contributed by atoms with Gasteiger partial charge in [-0.05, 0) is 42.0 Å². The Kier molecular flexibility index (Phi) is 7.27. The Bertz CT molecular complexity index is 1230. The van der Waals surface area contributed by atoms with Gasteiger partial charge in [-0.1, -0.05) is 6.07 Å². The number of carboxylic acid groups (broad SMARTS) is 1. The lowest BCUT2D eigenvalue weighted by molar-refractivity contribution is -0.177. The van der Waals surface area contributed by atoms with Crippen molar-refractivity contribution in [2.75, 3.05) is 20.3 Å². The fourth-order valence-corrected chi connectivity index (χ4v) is 3.41. The average Bonchev–Trinajstić information content (AvgIpc) is 3.31. The summed E-state index contributed by atoms with van der Waals surface area (Å²) < 4.78 is 29.3. The van der Waals surface area contributed by atoms with Crippen molar-refractivity contribution in [3.63, 3.8) is 0 Å². The number of aromatic nitrogens is 5. The van der Waals surface area contributed by atoms with Crippen LogP contribution >= 0.6 is 0 Å². The first-order chi connectivity index (χ1) is 16.8. The van der Waals surface area contributed by atoms with Gasteiger partial charge in [0.15, 0.2) is 17.7 Å². The van der Waals surface area contributed by atoms with Gasteiger partial charge in [-0.3, -0.25) is 4.79 Å². The third kappa shape index (κ3) is 5.94. The lowest BCUT2D eigenvalue weighted by atomic mass is 10.1. The number of pyridine rings is 1. The number of carbonyl (C=O) groups excluding carboxylic acids is 1. The highest BCUT2D eigenvalue weighted by Gasteiger charge is 2.28. The molecule has 1 amide bonds. The van der Waals surface area contributed by atoms with Crippen LogP contribution in [0.2, 0.25) is 0 Å². The molecule has 0 unspecified atom stereocenters. The zero-order valence-electron chi connectivity index (χ0n) is 19.0. The maximum Gasteiger partial charge on any atom is 0.335 e. The Balaban J connectivity index is 1.40. The highest BCUT2D eigenvalue weighted by molar-refractivity contribution is 5.93. The van der Waals surface area contributed by atoms with Crippen LogP contribution in [0.4, 0.5) is 4.39 Å². The zero-order chi connectivity index (χ0) is 24.9. The van der Waals surface area contributed by atoms with Gasteiger partial charge in [-0.2, -0.15) is 4.80 Å². The number of nitrogens with one attached hydrogen (secondary N) is 1.